The second kappa shape index (κ2) is 8.60. The van der Waals surface area contributed by atoms with Crippen LogP contribution in [0.5, 0.6) is 0 Å². The fraction of sp³-hybridized carbons (Fsp3) is 0.632. The fourth-order valence-corrected chi connectivity index (χ4v) is 3.52. The Morgan fingerprint density at radius 3 is 2.46 bits per heavy atom. The number of piperazine rings is 1. The van der Waals surface area contributed by atoms with Crippen LogP contribution < -0.4 is 10.6 Å². The van der Waals surface area contributed by atoms with E-state index in [0.717, 1.165) is 51.3 Å². The minimum Gasteiger partial charge on any atom is -0.325 e. The van der Waals surface area contributed by atoms with Crippen LogP contribution in [0.25, 0.3) is 0 Å². The summed E-state index contributed by atoms with van der Waals surface area (Å²) in [5.41, 5.74) is 2.21. The van der Waals surface area contributed by atoms with Gasteiger partial charge in [0.25, 0.3) is 0 Å². The van der Waals surface area contributed by atoms with Crippen LogP contribution in [-0.2, 0) is 11.3 Å². The number of hydrogen-bond donors (Lipinski definition) is 2. The van der Waals surface area contributed by atoms with Gasteiger partial charge in [-0.25, -0.2) is 0 Å². The van der Waals surface area contributed by atoms with Gasteiger partial charge in [0.2, 0.25) is 5.91 Å². The molecule has 0 aromatic heterocycles. The van der Waals surface area contributed by atoms with E-state index in [-0.39, 0.29) is 11.9 Å². The number of piperidine rings is 1. The first kappa shape index (κ1) is 17.4. The molecule has 132 valence electrons. The second-order valence-corrected chi connectivity index (χ2v) is 6.90. The van der Waals surface area contributed by atoms with E-state index >= 15 is 0 Å². The predicted molar refractivity (Wildman–Crippen MR) is 98.1 cm³/mol. The van der Waals surface area contributed by atoms with Gasteiger partial charge in [0, 0.05) is 38.4 Å². The molecule has 1 aromatic carbocycles. The lowest BCUT2D eigenvalue weighted by Crippen LogP contribution is -2.45. The van der Waals surface area contributed by atoms with E-state index < -0.39 is 0 Å². The highest BCUT2D eigenvalue weighted by atomic mass is 16.2. The molecule has 2 fully saturated rings. The number of anilines is 1. The van der Waals surface area contributed by atoms with E-state index in [2.05, 4.69) is 39.5 Å². The molecule has 5 nitrogen and oxygen atoms in total. The molecule has 0 bridgehead atoms. The lowest BCUT2D eigenvalue weighted by atomic mass is 10.0. The Hall–Kier alpha value is -1.43. The van der Waals surface area contributed by atoms with Crippen molar-refractivity contribution in [2.24, 2.45) is 0 Å². The molecule has 2 saturated heterocycles. The van der Waals surface area contributed by atoms with Crippen molar-refractivity contribution in [1.82, 2.24) is 15.1 Å². The molecular formula is C19H30N4O. The SMILES string of the molecule is CCN1CCN(Cc2ccc(NC(=O)[C@H]3CCCCN3)cc2)CC1. The maximum atomic E-state index is 12.2. The van der Waals surface area contributed by atoms with Crippen LogP contribution in [0.2, 0.25) is 0 Å². The molecule has 1 atom stereocenters. The van der Waals surface area contributed by atoms with Gasteiger partial charge in [0.05, 0.1) is 6.04 Å². The van der Waals surface area contributed by atoms with Crippen LogP contribution >= 0.6 is 0 Å². The molecule has 1 aromatic rings. The fourth-order valence-electron chi connectivity index (χ4n) is 3.52. The molecule has 3 rings (SSSR count). The summed E-state index contributed by atoms with van der Waals surface area (Å²) in [4.78, 5) is 17.2. The highest BCUT2D eigenvalue weighted by Gasteiger charge is 2.20. The lowest BCUT2D eigenvalue weighted by molar-refractivity contribution is -0.118. The van der Waals surface area contributed by atoms with E-state index in [1.54, 1.807) is 0 Å². The predicted octanol–water partition coefficient (Wildman–Crippen LogP) is 1.90. The van der Waals surface area contributed by atoms with Gasteiger partial charge >= 0.3 is 0 Å². The van der Waals surface area contributed by atoms with Crippen molar-refractivity contribution in [3.05, 3.63) is 29.8 Å². The Labute approximate surface area is 145 Å². The Bertz CT molecular complexity index is 517. The first-order chi connectivity index (χ1) is 11.7. The third-order valence-corrected chi connectivity index (χ3v) is 5.17. The highest BCUT2D eigenvalue weighted by Crippen LogP contribution is 2.15. The number of rotatable bonds is 5. The van der Waals surface area contributed by atoms with Crippen molar-refractivity contribution in [3.63, 3.8) is 0 Å². The number of likely N-dealkylation sites (N-methyl/N-ethyl adjacent to an activating group) is 1. The number of hydrogen-bond acceptors (Lipinski definition) is 4. The molecule has 0 saturated carbocycles. The molecule has 0 aliphatic carbocycles. The summed E-state index contributed by atoms with van der Waals surface area (Å²) in [6, 6.07) is 8.29. The van der Waals surface area contributed by atoms with Gasteiger partial charge in [-0.3, -0.25) is 9.69 Å². The Balaban J connectivity index is 1.47. The van der Waals surface area contributed by atoms with Crippen molar-refractivity contribution in [2.45, 2.75) is 38.8 Å². The lowest BCUT2D eigenvalue weighted by Gasteiger charge is -2.34. The third-order valence-electron chi connectivity index (χ3n) is 5.17. The molecule has 1 amide bonds. The van der Waals surface area contributed by atoms with Crippen LogP contribution in [0.4, 0.5) is 5.69 Å². The average molecular weight is 330 g/mol. The molecular weight excluding hydrogens is 300 g/mol. The van der Waals surface area contributed by atoms with Crippen LogP contribution in [0, 0.1) is 0 Å². The summed E-state index contributed by atoms with van der Waals surface area (Å²) in [5, 5.41) is 6.32. The number of benzene rings is 1. The molecule has 0 spiro atoms. The Kier molecular flexibility index (Phi) is 6.24. The van der Waals surface area contributed by atoms with Gasteiger partial charge in [0.1, 0.15) is 0 Å². The minimum atomic E-state index is -0.0340. The molecule has 5 heteroatoms. The van der Waals surface area contributed by atoms with Gasteiger partial charge in [-0.05, 0) is 43.6 Å². The number of nitrogens with one attached hydrogen (secondary N) is 2. The number of carbonyl (C=O) groups excluding carboxylic acids is 1. The second-order valence-electron chi connectivity index (χ2n) is 6.90. The molecule has 2 aliphatic heterocycles. The zero-order valence-corrected chi connectivity index (χ0v) is 14.8. The maximum absolute atomic E-state index is 12.2. The van der Waals surface area contributed by atoms with Gasteiger partial charge in [-0.1, -0.05) is 25.5 Å². The third kappa shape index (κ3) is 4.79. The van der Waals surface area contributed by atoms with E-state index in [4.69, 9.17) is 0 Å². The molecule has 2 N–H and O–H groups in total. The highest BCUT2D eigenvalue weighted by molar-refractivity contribution is 5.94. The van der Waals surface area contributed by atoms with Gasteiger partial charge in [-0.15, -0.1) is 0 Å². The van der Waals surface area contributed by atoms with Gasteiger partial charge in [0.15, 0.2) is 0 Å². The van der Waals surface area contributed by atoms with Gasteiger partial charge in [-0.2, -0.15) is 0 Å². The number of nitrogens with zero attached hydrogens (tertiary/aromatic N) is 2. The summed E-state index contributed by atoms with van der Waals surface area (Å²) in [6.45, 7) is 9.93. The zero-order chi connectivity index (χ0) is 16.8. The topological polar surface area (TPSA) is 47.6 Å². The summed E-state index contributed by atoms with van der Waals surface area (Å²) in [6.07, 6.45) is 3.24. The quantitative estimate of drug-likeness (QED) is 0.866. The van der Waals surface area contributed by atoms with Crippen LogP contribution in [0.1, 0.15) is 31.7 Å². The Morgan fingerprint density at radius 2 is 1.83 bits per heavy atom. The van der Waals surface area contributed by atoms with E-state index in [0.29, 0.717) is 0 Å². The summed E-state index contributed by atoms with van der Waals surface area (Å²) in [7, 11) is 0. The molecule has 0 unspecified atom stereocenters. The first-order valence-electron chi connectivity index (χ1n) is 9.32. The largest absolute Gasteiger partial charge is 0.325 e. The van der Waals surface area contributed by atoms with E-state index in [1.165, 1.54) is 25.1 Å². The van der Waals surface area contributed by atoms with Crippen LogP contribution in [0.15, 0.2) is 24.3 Å². The molecule has 0 radical (unpaired) electrons. The first-order valence-corrected chi connectivity index (χ1v) is 9.32. The van der Waals surface area contributed by atoms with Crippen molar-refractivity contribution in [1.29, 1.82) is 0 Å². The number of carbonyl (C=O) groups is 1. The van der Waals surface area contributed by atoms with E-state index in [9.17, 15) is 4.79 Å². The monoisotopic (exact) mass is 330 g/mol. The van der Waals surface area contributed by atoms with E-state index in [1.807, 2.05) is 12.1 Å². The summed E-state index contributed by atoms with van der Waals surface area (Å²) < 4.78 is 0. The summed E-state index contributed by atoms with van der Waals surface area (Å²) >= 11 is 0. The van der Waals surface area contributed by atoms with Crippen molar-refractivity contribution >= 4 is 11.6 Å². The van der Waals surface area contributed by atoms with Crippen molar-refractivity contribution in [3.8, 4) is 0 Å². The Morgan fingerprint density at radius 1 is 1.12 bits per heavy atom. The van der Waals surface area contributed by atoms with Gasteiger partial charge < -0.3 is 15.5 Å². The molecule has 24 heavy (non-hydrogen) atoms. The maximum Gasteiger partial charge on any atom is 0.241 e. The normalized spacial score (nSPS) is 23.1. The zero-order valence-electron chi connectivity index (χ0n) is 14.8. The van der Waals surface area contributed by atoms with Crippen molar-refractivity contribution < 1.29 is 4.79 Å². The summed E-state index contributed by atoms with van der Waals surface area (Å²) in [5.74, 6) is 0.0955. The van der Waals surface area contributed by atoms with Crippen LogP contribution in [-0.4, -0.2) is 61.0 Å². The van der Waals surface area contributed by atoms with Crippen molar-refractivity contribution in [2.75, 3.05) is 44.6 Å². The average Bonchev–Trinajstić information content (AvgIpc) is 2.65. The smallest absolute Gasteiger partial charge is 0.241 e. The molecule has 2 aliphatic rings. The standard InChI is InChI=1S/C19H30N4O/c1-2-22-11-13-23(14-12-22)15-16-6-8-17(9-7-16)21-19(24)18-5-3-4-10-20-18/h6-9,18,20H,2-5,10-15H2,1H3,(H,21,24)/t18-/m1/s1. The van der Waals surface area contributed by atoms with Crippen LogP contribution in [0.3, 0.4) is 0 Å². The minimum absolute atomic E-state index is 0.0340. The number of amides is 1. The molecule has 2 heterocycles.